The number of esters is 1. The van der Waals surface area contributed by atoms with Crippen molar-refractivity contribution >= 4 is 11.9 Å². The second-order valence-corrected chi connectivity index (χ2v) is 4.35. The van der Waals surface area contributed by atoms with Gasteiger partial charge in [0, 0.05) is 5.56 Å². The number of carbonyl (C=O) groups excluding carboxylic acids is 1. The van der Waals surface area contributed by atoms with Crippen molar-refractivity contribution < 1.29 is 9.53 Å². The van der Waals surface area contributed by atoms with Crippen molar-refractivity contribution in [3.63, 3.8) is 0 Å². The predicted octanol–water partition coefficient (Wildman–Crippen LogP) is 2.34. The minimum absolute atomic E-state index is 0.153. The smallest absolute Gasteiger partial charge is 0.344 e. The summed E-state index contributed by atoms with van der Waals surface area (Å²) in [5, 5.41) is 11.6. The Labute approximate surface area is 126 Å². The fourth-order valence-electron chi connectivity index (χ4n) is 1.79. The Kier molecular flexibility index (Phi) is 4.01. The Morgan fingerprint density at radius 2 is 1.59 bits per heavy atom. The third-order valence-corrected chi connectivity index (χ3v) is 2.82. The summed E-state index contributed by atoms with van der Waals surface area (Å²) < 4.78 is 5.42. The summed E-state index contributed by atoms with van der Waals surface area (Å²) in [7, 11) is 0. The van der Waals surface area contributed by atoms with Gasteiger partial charge in [-0.05, 0) is 29.5 Å². The van der Waals surface area contributed by atoms with Gasteiger partial charge in [0.15, 0.2) is 0 Å². The molecule has 3 aromatic rings. The van der Waals surface area contributed by atoms with Gasteiger partial charge in [0.1, 0.15) is 0 Å². The molecule has 6 nitrogen and oxygen atoms in total. The molecule has 0 saturated carbocycles. The van der Waals surface area contributed by atoms with Gasteiger partial charge in [-0.25, -0.2) is 4.79 Å². The topological polar surface area (TPSA) is 69.4 Å². The Morgan fingerprint density at radius 3 is 2.18 bits per heavy atom. The van der Waals surface area contributed by atoms with Crippen LogP contribution >= 0.6 is 0 Å². The number of carbonyl (C=O) groups is 1. The normalized spacial score (nSPS) is 11.2. The molecular weight excluding hydrogens is 280 g/mol. The third kappa shape index (κ3) is 3.24. The quantitative estimate of drug-likeness (QED) is 0.422. The van der Waals surface area contributed by atoms with E-state index in [2.05, 4.69) is 15.4 Å². The van der Waals surface area contributed by atoms with Gasteiger partial charge in [-0.3, -0.25) is 0 Å². The maximum atomic E-state index is 12.2. The van der Waals surface area contributed by atoms with Crippen LogP contribution in [0.1, 0.15) is 15.9 Å². The molecule has 0 bridgehead atoms. The SMILES string of the molecule is O=C(O/C(=N/n1ccnn1)c1ccccc1)c1ccccc1. The predicted molar refractivity (Wildman–Crippen MR) is 80.3 cm³/mol. The molecular formula is C16H12N4O2. The van der Waals surface area contributed by atoms with Crippen molar-refractivity contribution in [2.24, 2.45) is 5.10 Å². The first-order chi connectivity index (χ1) is 10.8. The van der Waals surface area contributed by atoms with E-state index in [1.165, 1.54) is 11.0 Å². The molecule has 0 radical (unpaired) electrons. The molecule has 0 spiro atoms. The number of rotatable bonds is 3. The lowest BCUT2D eigenvalue weighted by Crippen LogP contribution is -2.15. The first-order valence-corrected chi connectivity index (χ1v) is 6.61. The van der Waals surface area contributed by atoms with E-state index in [0.29, 0.717) is 11.1 Å². The van der Waals surface area contributed by atoms with Crippen LogP contribution in [-0.2, 0) is 4.74 Å². The van der Waals surface area contributed by atoms with Crippen molar-refractivity contribution in [3.05, 3.63) is 84.2 Å². The molecule has 1 heterocycles. The number of hydrogen-bond acceptors (Lipinski definition) is 5. The van der Waals surface area contributed by atoms with Gasteiger partial charge in [-0.15, -0.1) is 15.0 Å². The molecule has 0 aliphatic heterocycles. The van der Waals surface area contributed by atoms with E-state index in [1.54, 1.807) is 42.6 Å². The van der Waals surface area contributed by atoms with E-state index >= 15 is 0 Å². The van der Waals surface area contributed by atoms with Crippen LogP contribution in [0.5, 0.6) is 0 Å². The van der Waals surface area contributed by atoms with Crippen molar-refractivity contribution in [3.8, 4) is 0 Å². The van der Waals surface area contributed by atoms with Gasteiger partial charge in [0.05, 0.1) is 18.0 Å². The molecule has 2 aromatic carbocycles. The number of hydrogen-bond donors (Lipinski definition) is 0. The average molecular weight is 292 g/mol. The third-order valence-electron chi connectivity index (χ3n) is 2.82. The zero-order chi connectivity index (χ0) is 15.2. The maximum absolute atomic E-state index is 12.2. The fraction of sp³-hybridized carbons (Fsp3) is 0. The van der Waals surface area contributed by atoms with Gasteiger partial charge in [-0.1, -0.05) is 36.4 Å². The van der Waals surface area contributed by atoms with Crippen LogP contribution in [0, 0.1) is 0 Å². The second kappa shape index (κ2) is 6.45. The summed E-state index contributed by atoms with van der Waals surface area (Å²) in [6, 6.07) is 17.9. The molecule has 108 valence electrons. The Bertz CT molecular complexity index is 768. The van der Waals surface area contributed by atoms with E-state index in [9.17, 15) is 4.79 Å². The first kappa shape index (κ1) is 13.7. The van der Waals surface area contributed by atoms with E-state index in [1.807, 2.05) is 24.3 Å². The molecule has 0 fully saturated rings. The summed E-state index contributed by atoms with van der Waals surface area (Å²) in [4.78, 5) is 13.4. The van der Waals surface area contributed by atoms with Crippen LogP contribution in [0.4, 0.5) is 0 Å². The van der Waals surface area contributed by atoms with Gasteiger partial charge in [0.2, 0.25) is 5.90 Å². The van der Waals surface area contributed by atoms with Crippen molar-refractivity contribution in [2.75, 3.05) is 0 Å². The van der Waals surface area contributed by atoms with Gasteiger partial charge in [0.25, 0.3) is 0 Å². The lowest BCUT2D eigenvalue weighted by atomic mass is 10.2. The van der Waals surface area contributed by atoms with Crippen LogP contribution in [0.2, 0.25) is 0 Å². The van der Waals surface area contributed by atoms with Crippen molar-refractivity contribution in [1.82, 2.24) is 15.1 Å². The highest BCUT2D eigenvalue weighted by Crippen LogP contribution is 2.08. The first-order valence-electron chi connectivity index (χ1n) is 6.61. The molecule has 0 aliphatic rings. The number of aromatic nitrogens is 3. The summed E-state index contributed by atoms with van der Waals surface area (Å²) in [5.74, 6) is -0.330. The molecule has 0 N–H and O–H groups in total. The molecule has 6 heteroatoms. The van der Waals surface area contributed by atoms with E-state index in [4.69, 9.17) is 4.74 Å². The highest BCUT2D eigenvalue weighted by atomic mass is 16.5. The molecule has 3 rings (SSSR count). The van der Waals surface area contributed by atoms with E-state index < -0.39 is 5.97 Å². The summed E-state index contributed by atoms with van der Waals surface area (Å²) in [5.41, 5.74) is 1.12. The molecule has 0 amide bonds. The minimum atomic E-state index is -0.483. The van der Waals surface area contributed by atoms with Crippen molar-refractivity contribution in [1.29, 1.82) is 0 Å². The van der Waals surface area contributed by atoms with Crippen LogP contribution in [0.25, 0.3) is 0 Å². The van der Waals surface area contributed by atoms with Crippen LogP contribution < -0.4 is 0 Å². The number of benzene rings is 2. The Morgan fingerprint density at radius 1 is 0.955 bits per heavy atom. The molecule has 22 heavy (non-hydrogen) atoms. The minimum Gasteiger partial charge on any atom is -0.402 e. The number of ether oxygens (including phenoxy) is 1. The highest BCUT2D eigenvalue weighted by Gasteiger charge is 2.13. The summed E-state index contributed by atoms with van der Waals surface area (Å²) >= 11 is 0. The standard InChI is InChI=1S/C16H12N4O2/c21-16(14-9-5-2-6-10-14)22-15(13-7-3-1-4-8-13)18-20-12-11-17-19-20/h1-12H/b18-15+. The van der Waals surface area contributed by atoms with Gasteiger partial charge in [-0.2, -0.15) is 0 Å². The van der Waals surface area contributed by atoms with E-state index in [0.717, 1.165) is 0 Å². The van der Waals surface area contributed by atoms with Crippen LogP contribution in [-0.4, -0.2) is 27.0 Å². The summed E-state index contributed by atoms with van der Waals surface area (Å²) in [6.07, 6.45) is 3.05. The van der Waals surface area contributed by atoms with Crippen LogP contribution in [0.15, 0.2) is 78.2 Å². The molecule has 0 atom stereocenters. The Hall–Kier alpha value is -3.28. The molecule has 0 saturated heterocycles. The molecule has 0 aliphatic carbocycles. The van der Waals surface area contributed by atoms with Crippen molar-refractivity contribution in [2.45, 2.75) is 0 Å². The number of nitrogens with zero attached hydrogens (tertiary/aromatic N) is 4. The maximum Gasteiger partial charge on any atom is 0.344 e. The Balaban J connectivity index is 1.91. The van der Waals surface area contributed by atoms with Gasteiger partial charge < -0.3 is 4.74 Å². The molecule has 0 unspecified atom stereocenters. The monoisotopic (exact) mass is 292 g/mol. The summed E-state index contributed by atoms with van der Waals surface area (Å²) in [6.45, 7) is 0. The zero-order valence-electron chi connectivity index (χ0n) is 11.5. The lowest BCUT2D eigenvalue weighted by Gasteiger charge is -2.07. The highest BCUT2D eigenvalue weighted by molar-refractivity contribution is 6.04. The zero-order valence-corrected chi connectivity index (χ0v) is 11.5. The lowest BCUT2D eigenvalue weighted by molar-refractivity contribution is 0.0716. The van der Waals surface area contributed by atoms with E-state index in [-0.39, 0.29) is 5.90 Å². The van der Waals surface area contributed by atoms with Gasteiger partial charge >= 0.3 is 5.97 Å². The van der Waals surface area contributed by atoms with Crippen LogP contribution in [0.3, 0.4) is 0 Å². The average Bonchev–Trinajstić information content (AvgIpc) is 3.09. The second-order valence-electron chi connectivity index (χ2n) is 4.35. The fourth-order valence-corrected chi connectivity index (χ4v) is 1.79. The largest absolute Gasteiger partial charge is 0.402 e. The molecule has 1 aromatic heterocycles.